The first-order valence-electron chi connectivity index (χ1n) is 10.5. The average molecular weight is 552 g/mol. The van der Waals surface area contributed by atoms with Crippen LogP contribution in [0.25, 0.3) is 6.08 Å². The van der Waals surface area contributed by atoms with Crippen LogP contribution in [-0.4, -0.2) is 41.3 Å². The first-order valence-corrected chi connectivity index (χ1v) is 12.1. The zero-order valence-electron chi connectivity index (χ0n) is 18.8. The molecular weight excluding hydrogens is 529 g/mol. The van der Waals surface area contributed by atoms with Gasteiger partial charge in [-0.25, -0.2) is 9.18 Å². The minimum atomic E-state index is -1.03. The predicted molar refractivity (Wildman–Crippen MR) is 130 cm³/mol. The van der Waals surface area contributed by atoms with Crippen LogP contribution in [0.2, 0.25) is 0 Å². The highest BCUT2D eigenvalue weighted by atomic mass is 79.9. The third-order valence-corrected chi connectivity index (χ3v) is 6.34. The number of halogens is 2. The van der Waals surface area contributed by atoms with Crippen molar-refractivity contribution < 1.29 is 33.0 Å². The Balaban J connectivity index is 1.85. The summed E-state index contributed by atoms with van der Waals surface area (Å²) in [5.74, 6) is -0.724. The molecule has 0 spiro atoms. The van der Waals surface area contributed by atoms with Gasteiger partial charge in [0.25, 0.3) is 11.1 Å². The van der Waals surface area contributed by atoms with Crippen LogP contribution in [0.1, 0.15) is 31.9 Å². The topological polar surface area (TPSA) is 82.1 Å². The van der Waals surface area contributed by atoms with Crippen LogP contribution in [0, 0.1) is 5.82 Å². The summed E-state index contributed by atoms with van der Waals surface area (Å²) in [5, 5.41) is -0.548. The second kappa shape index (κ2) is 11.5. The molecule has 0 bridgehead atoms. The van der Waals surface area contributed by atoms with Gasteiger partial charge in [-0.15, -0.1) is 0 Å². The Hall–Kier alpha value is -2.85. The number of ether oxygens (including phenoxy) is 3. The van der Waals surface area contributed by atoms with E-state index < -0.39 is 23.2 Å². The Labute approximate surface area is 209 Å². The van der Waals surface area contributed by atoms with E-state index in [9.17, 15) is 18.8 Å². The number of imide groups is 1. The summed E-state index contributed by atoms with van der Waals surface area (Å²) in [4.78, 5) is 38.4. The Morgan fingerprint density at radius 3 is 2.56 bits per heavy atom. The minimum Gasteiger partial charge on any atom is -0.490 e. The Bertz CT molecular complexity index is 1140. The fourth-order valence-corrected chi connectivity index (χ4v) is 4.49. The van der Waals surface area contributed by atoms with Gasteiger partial charge in [0.15, 0.2) is 11.5 Å². The molecule has 1 heterocycles. The number of nitrogens with zero attached hydrogens (tertiary/aromatic N) is 1. The van der Waals surface area contributed by atoms with Crippen molar-refractivity contribution in [2.45, 2.75) is 33.4 Å². The molecule has 1 aliphatic rings. The number of thioether (sulfide) groups is 1. The van der Waals surface area contributed by atoms with E-state index in [1.54, 1.807) is 37.3 Å². The normalized spacial score (nSPS) is 15.6. The molecule has 7 nitrogen and oxygen atoms in total. The SMILES string of the molecule is CCOC(=O)[C@H](C)N1C(=O)S/C(=C/c2cc(OCC)c(OCc3cccc(F)c3)cc2Br)C1=O. The average Bonchev–Trinajstić information content (AvgIpc) is 3.07. The molecule has 1 atom stereocenters. The maximum atomic E-state index is 13.4. The van der Waals surface area contributed by atoms with Gasteiger partial charge in [-0.05, 0) is 74.0 Å². The van der Waals surface area contributed by atoms with Gasteiger partial charge in [-0.3, -0.25) is 14.5 Å². The standard InChI is InChI=1S/C24H23BrFNO6S/c1-4-31-19-10-16(18(25)12-20(19)33-13-15-7-6-8-17(26)9-15)11-21-22(28)27(24(30)34-21)14(3)23(29)32-5-2/h6-12,14H,4-5,13H2,1-3H3/b21-11+/t14-/m0/s1. The molecule has 1 fully saturated rings. The van der Waals surface area contributed by atoms with Crippen LogP contribution in [0.3, 0.4) is 0 Å². The Morgan fingerprint density at radius 2 is 1.88 bits per heavy atom. The molecule has 1 saturated heterocycles. The first-order chi connectivity index (χ1) is 16.2. The molecule has 2 amide bonds. The summed E-state index contributed by atoms with van der Waals surface area (Å²) >= 11 is 4.21. The maximum Gasteiger partial charge on any atom is 0.329 e. The van der Waals surface area contributed by atoms with E-state index in [-0.39, 0.29) is 23.9 Å². The Morgan fingerprint density at radius 1 is 1.15 bits per heavy atom. The van der Waals surface area contributed by atoms with Crippen molar-refractivity contribution in [2.75, 3.05) is 13.2 Å². The number of carbonyl (C=O) groups excluding carboxylic acids is 3. The van der Waals surface area contributed by atoms with Crippen molar-refractivity contribution in [3.05, 3.63) is 62.7 Å². The lowest BCUT2D eigenvalue weighted by atomic mass is 10.1. The zero-order chi connectivity index (χ0) is 24.8. The van der Waals surface area contributed by atoms with Gasteiger partial charge in [0, 0.05) is 4.47 Å². The molecule has 0 aliphatic carbocycles. The lowest BCUT2D eigenvalue weighted by molar-refractivity contribution is -0.150. The van der Waals surface area contributed by atoms with Gasteiger partial charge in [-0.1, -0.05) is 28.1 Å². The van der Waals surface area contributed by atoms with E-state index in [2.05, 4.69) is 15.9 Å². The van der Waals surface area contributed by atoms with E-state index in [0.29, 0.717) is 33.7 Å². The minimum absolute atomic E-state index is 0.133. The van der Waals surface area contributed by atoms with Gasteiger partial charge in [0.2, 0.25) is 0 Å². The van der Waals surface area contributed by atoms with Crippen molar-refractivity contribution in [1.29, 1.82) is 0 Å². The summed E-state index contributed by atoms with van der Waals surface area (Å²) < 4.78 is 30.5. The number of carbonyl (C=O) groups is 3. The molecule has 180 valence electrons. The van der Waals surface area contributed by atoms with E-state index in [1.165, 1.54) is 19.1 Å². The van der Waals surface area contributed by atoms with Crippen LogP contribution >= 0.6 is 27.7 Å². The summed E-state index contributed by atoms with van der Waals surface area (Å²) in [7, 11) is 0. The number of rotatable bonds is 9. The summed E-state index contributed by atoms with van der Waals surface area (Å²) in [6.07, 6.45) is 1.55. The molecule has 10 heteroatoms. The lowest BCUT2D eigenvalue weighted by Crippen LogP contribution is -2.42. The van der Waals surface area contributed by atoms with E-state index in [0.717, 1.165) is 16.7 Å². The molecule has 0 unspecified atom stereocenters. The highest BCUT2D eigenvalue weighted by Crippen LogP contribution is 2.39. The van der Waals surface area contributed by atoms with E-state index in [4.69, 9.17) is 14.2 Å². The van der Waals surface area contributed by atoms with Gasteiger partial charge in [0.1, 0.15) is 18.5 Å². The molecule has 2 aromatic rings. The van der Waals surface area contributed by atoms with Crippen LogP contribution in [0.15, 0.2) is 45.8 Å². The van der Waals surface area contributed by atoms with E-state index >= 15 is 0 Å². The van der Waals surface area contributed by atoms with Gasteiger partial charge in [-0.2, -0.15) is 0 Å². The summed E-state index contributed by atoms with van der Waals surface area (Å²) in [5.41, 5.74) is 1.24. The van der Waals surface area contributed by atoms with Crippen LogP contribution < -0.4 is 9.47 Å². The fraction of sp³-hybridized carbons (Fsp3) is 0.292. The maximum absolute atomic E-state index is 13.4. The van der Waals surface area contributed by atoms with Crippen molar-refractivity contribution in [3.63, 3.8) is 0 Å². The molecule has 0 N–H and O–H groups in total. The zero-order valence-corrected chi connectivity index (χ0v) is 21.2. The second-order valence-electron chi connectivity index (χ2n) is 7.15. The molecule has 2 aromatic carbocycles. The Kier molecular flexibility index (Phi) is 8.73. The molecule has 0 saturated carbocycles. The second-order valence-corrected chi connectivity index (χ2v) is 9.00. The van der Waals surface area contributed by atoms with Gasteiger partial charge in [0.05, 0.1) is 18.1 Å². The highest BCUT2D eigenvalue weighted by Gasteiger charge is 2.41. The van der Waals surface area contributed by atoms with E-state index in [1.807, 2.05) is 6.92 Å². The van der Waals surface area contributed by atoms with Crippen LogP contribution in [0.5, 0.6) is 11.5 Å². The third-order valence-electron chi connectivity index (χ3n) is 4.77. The summed E-state index contributed by atoms with van der Waals surface area (Å²) in [6.45, 7) is 5.57. The number of hydrogen-bond acceptors (Lipinski definition) is 7. The van der Waals surface area contributed by atoms with Crippen molar-refractivity contribution in [2.24, 2.45) is 0 Å². The molecule has 0 radical (unpaired) electrons. The molecule has 34 heavy (non-hydrogen) atoms. The molecule has 0 aromatic heterocycles. The molecule has 1 aliphatic heterocycles. The largest absolute Gasteiger partial charge is 0.490 e. The number of benzene rings is 2. The fourth-order valence-electron chi connectivity index (χ4n) is 3.15. The van der Waals surface area contributed by atoms with Crippen molar-refractivity contribution >= 4 is 50.9 Å². The quantitative estimate of drug-likeness (QED) is 0.298. The molecule has 3 rings (SSSR count). The number of amides is 2. The molecular formula is C24H23BrFNO6S. The van der Waals surface area contributed by atoms with Crippen molar-refractivity contribution in [3.8, 4) is 11.5 Å². The van der Waals surface area contributed by atoms with Gasteiger partial charge < -0.3 is 14.2 Å². The van der Waals surface area contributed by atoms with Crippen molar-refractivity contribution in [1.82, 2.24) is 4.90 Å². The highest BCUT2D eigenvalue weighted by molar-refractivity contribution is 9.10. The summed E-state index contributed by atoms with van der Waals surface area (Å²) in [6, 6.07) is 8.43. The smallest absolute Gasteiger partial charge is 0.329 e. The predicted octanol–water partition coefficient (Wildman–Crippen LogP) is 5.55. The number of esters is 1. The first kappa shape index (κ1) is 25.8. The lowest BCUT2D eigenvalue weighted by Gasteiger charge is -2.19. The third kappa shape index (κ3) is 5.98. The number of hydrogen-bond donors (Lipinski definition) is 0. The van der Waals surface area contributed by atoms with Crippen LogP contribution in [-0.2, 0) is 20.9 Å². The van der Waals surface area contributed by atoms with Crippen LogP contribution in [0.4, 0.5) is 9.18 Å². The monoisotopic (exact) mass is 551 g/mol. The van der Waals surface area contributed by atoms with Gasteiger partial charge >= 0.3 is 5.97 Å².